The van der Waals surface area contributed by atoms with Gasteiger partial charge in [-0.25, -0.2) is 24.9 Å². The maximum absolute atomic E-state index is 13.5. The van der Waals surface area contributed by atoms with Crippen LogP contribution in [-0.2, 0) is 17.5 Å². The summed E-state index contributed by atoms with van der Waals surface area (Å²) >= 11 is 0. The molecule has 4 heterocycles. The summed E-state index contributed by atoms with van der Waals surface area (Å²) < 4.78 is 47.2. The van der Waals surface area contributed by atoms with Gasteiger partial charge in [0.05, 0.1) is 19.3 Å². The fourth-order valence-corrected chi connectivity index (χ4v) is 5.74. The van der Waals surface area contributed by atoms with Crippen LogP contribution in [0.5, 0.6) is 5.88 Å². The summed E-state index contributed by atoms with van der Waals surface area (Å²) in [4.78, 5) is 37.4. The maximum Gasteiger partial charge on any atom is 0.434 e. The third-order valence-electron chi connectivity index (χ3n) is 8.18. The molecule has 12 heteroatoms. The number of benzene rings is 1. The highest BCUT2D eigenvalue weighted by Gasteiger charge is 2.52. The van der Waals surface area contributed by atoms with E-state index in [9.17, 15) is 18.0 Å². The Morgan fingerprint density at radius 1 is 1.05 bits per heavy atom. The summed E-state index contributed by atoms with van der Waals surface area (Å²) in [5.74, 6) is 1.94. The van der Waals surface area contributed by atoms with Crippen molar-refractivity contribution < 1.29 is 22.7 Å². The van der Waals surface area contributed by atoms with E-state index in [1.165, 1.54) is 10.9 Å². The molecule has 2 saturated carbocycles. The summed E-state index contributed by atoms with van der Waals surface area (Å²) in [7, 11) is 1.55. The van der Waals surface area contributed by atoms with E-state index in [2.05, 4.69) is 19.9 Å². The van der Waals surface area contributed by atoms with Crippen LogP contribution in [0.1, 0.15) is 73.5 Å². The molecule has 1 aromatic carbocycles. The molecule has 3 aliphatic rings. The third-order valence-corrected chi connectivity index (χ3v) is 8.18. The molecule has 0 N–H and O–H groups in total. The number of hydrogen-bond donors (Lipinski definition) is 0. The lowest BCUT2D eigenvalue weighted by Gasteiger charge is -2.28. The fraction of sp³-hybridized carbons (Fsp3) is 0.400. The molecular weight excluding hydrogens is 547 g/mol. The number of rotatable bonds is 7. The number of methoxy groups -OCH3 is 1. The van der Waals surface area contributed by atoms with Crippen molar-refractivity contribution in [2.75, 3.05) is 12.0 Å². The molecule has 42 heavy (non-hydrogen) atoms. The minimum absolute atomic E-state index is 0.00471. The normalized spacial score (nSPS) is 19.6. The minimum Gasteiger partial charge on any atom is -0.480 e. The van der Waals surface area contributed by atoms with E-state index in [-0.39, 0.29) is 36.2 Å². The van der Waals surface area contributed by atoms with Gasteiger partial charge < -0.3 is 9.30 Å². The van der Waals surface area contributed by atoms with Gasteiger partial charge in [0, 0.05) is 47.3 Å². The highest BCUT2D eigenvalue weighted by atomic mass is 19.4. The van der Waals surface area contributed by atoms with E-state index >= 15 is 0 Å². The zero-order chi connectivity index (χ0) is 29.3. The molecule has 7 rings (SSSR count). The zero-order valence-electron chi connectivity index (χ0n) is 23.3. The second-order valence-electron chi connectivity index (χ2n) is 11.4. The molecule has 2 fully saturated rings. The average molecular weight is 576 g/mol. The molecule has 0 spiro atoms. The van der Waals surface area contributed by atoms with E-state index in [0.717, 1.165) is 42.3 Å². The summed E-state index contributed by atoms with van der Waals surface area (Å²) in [5.41, 5.74) is 2.88. The van der Waals surface area contributed by atoms with Crippen LogP contribution in [0.25, 0.3) is 22.8 Å². The molecule has 4 aromatic rings. The molecular formula is C30H28F3N7O2. The zero-order valence-corrected chi connectivity index (χ0v) is 23.3. The molecule has 1 aliphatic heterocycles. The minimum atomic E-state index is -4.53. The average Bonchev–Trinajstić information content (AvgIpc) is 3.91. The van der Waals surface area contributed by atoms with Gasteiger partial charge in [0.15, 0.2) is 11.5 Å². The van der Waals surface area contributed by atoms with Gasteiger partial charge in [0.1, 0.15) is 23.5 Å². The summed E-state index contributed by atoms with van der Waals surface area (Å²) in [6.45, 7) is 3.88. The van der Waals surface area contributed by atoms with E-state index in [4.69, 9.17) is 9.72 Å². The lowest BCUT2D eigenvalue weighted by molar-refractivity contribution is -0.140. The molecule has 3 aromatic heterocycles. The second kappa shape index (κ2) is 9.60. The molecule has 0 bridgehead atoms. The summed E-state index contributed by atoms with van der Waals surface area (Å²) in [6, 6.07) is 6.90. The summed E-state index contributed by atoms with van der Waals surface area (Å²) in [5, 5.41) is 0. The lowest BCUT2D eigenvalue weighted by Crippen LogP contribution is -2.36. The van der Waals surface area contributed by atoms with E-state index in [0.29, 0.717) is 34.6 Å². The number of halogens is 3. The molecule has 9 nitrogen and oxygen atoms in total. The smallest absolute Gasteiger partial charge is 0.434 e. The largest absolute Gasteiger partial charge is 0.480 e. The van der Waals surface area contributed by atoms with Gasteiger partial charge >= 0.3 is 6.18 Å². The standard InChI is InChI=1S/C30H28F3N7O2/c1-15(2)39-13-22(30(31,32)33)37-26(39)18-6-4-16(5-7-18)12-40-27-21(19-10-20(19)29(40)41)11-34-25(38-27)23-24(17-8-9-17)35-14-36-28(23)42-3/h4-7,11,13-15,17,19-20H,8-10,12H2,1-3H3/t19-,20+/m0/s1. The van der Waals surface area contributed by atoms with E-state index in [1.54, 1.807) is 30.3 Å². The number of amides is 1. The van der Waals surface area contributed by atoms with Crippen LogP contribution in [0.2, 0.25) is 0 Å². The quantitative estimate of drug-likeness (QED) is 0.269. The Morgan fingerprint density at radius 2 is 1.81 bits per heavy atom. The Balaban J connectivity index is 1.23. The summed E-state index contributed by atoms with van der Waals surface area (Å²) in [6.07, 6.45) is 2.61. The molecule has 2 atom stereocenters. The van der Waals surface area contributed by atoms with Crippen LogP contribution >= 0.6 is 0 Å². The molecule has 0 saturated heterocycles. The van der Waals surface area contributed by atoms with Crippen molar-refractivity contribution in [2.45, 2.75) is 63.7 Å². The van der Waals surface area contributed by atoms with Crippen LogP contribution in [0.3, 0.4) is 0 Å². The Bertz CT molecular complexity index is 1700. The first kappa shape index (κ1) is 26.5. The van der Waals surface area contributed by atoms with Crippen molar-refractivity contribution in [1.29, 1.82) is 0 Å². The highest BCUT2D eigenvalue weighted by molar-refractivity contribution is 6.00. The van der Waals surface area contributed by atoms with Crippen LogP contribution in [0, 0.1) is 5.92 Å². The number of hydrogen-bond acceptors (Lipinski definition) is 7. The molecule has 216 valence electrons. The monoisotopic (exact) mass is 575 g/mol. The van der Waals surface area contributed by atoms with Gasteiger partial charge in [-0.05, 0) is 38.7 Å². The first-order chi connectivity index (χ1) is 20.1. The Hall–Kier alpha value is -4.35. The lowest BCUT2D eigenvalue weighted by atomic mass is 10.0. The molecule has 0 radical (unpaired) electrons. The number of imidazole rings is 1. The molecule has 0 unspecified atom stereocenters. The Morgan fingerprint density at radius 3 is 2.48 bits per heavy atom. The number of alkyl halides is 3. The predicted molar refractivity (Wildman–Crippen MR) is 147 cm³/mol. The first-order valence-electron chi connectivity index (χ1n) is 14.0. The van der Waals surface area contributed by atoms with Crippen molar-refractivity contribution in [3.8, 4) is 28.7 Å². The van der Waals surface area contributed by atoms with Crippen molar-refractivity contribution in [3.05, 3.63) is 65.5 Å². The van der Waals surface area contributed by atoms with E-state index in [1.807, 2.05) is 26.0 Å². The predicted octanol–water partition coefficient (Wildman–Crippen LogP) is 5.93. The number of ether oxygens (including phenoxy) is 1. The van der Waals surface area contributed by atoms with Crippen LogP contribution in [0.15, 0.2) is 43.0 Å². The second-order valence-corrected chi connectivity index (χ2v) is 11.4. The number of carbonyl (C=O) groups is 1. The van der Waals surface area contributed by atoms with Crippen LogP contribution in [-0.4, -0.2) is 42.5 Å². The Kier molecular flexibility index (Phi) is 6.07. The topological polar surface area (TPSA) is 98.9 Å². The number of anilines is 1. The van der Waals surface area contributed by atoms with Gasteiger partial charge in [-0.1, -0.05) is 24.3 Å². The van der Waals surface area contributed by atoms with Crippen molar-refractivity contribution in [3.63, 3.8) is 0 Å². The third kappa shape index (κ3) is 4.49. The number of carbonyl (C=O) groups excluding carboxylic acids is 1. The fourth-order valence-electron chi connectivity index (χ4n) is 5.74. The van der Waals surface area contributed by atoms with Gasteiger partial charge in [0.2, 0.25) is 11.8 Å². The van der Waals surface area contributed by atoms with Gasteiger partial charge in [-0.2, -0.15) is 13.2 Å². The van der Waals surface area contributed by atoms with Gasteiger partial charge in [0.25, 0.3) is 0 Å². The molecule has 2 aliphatic carbocycles. The SMILES string of the molecule is COc1ncnc(C2CC2)c1-c1ncc2c(n1)N(Cc1ccc(-c3nc(C(F)(F)F)cn3C(C)C)cc1)C(=O)[C@@H]1C[C@H]21. The first-order valence-corrected chi connectivity index (χ1v) is 14.0. The van der Waals surface area contributed by atoms with Crippen LogP contribution < -0.4 is 9.64 Å². The van der Waals surface area contributed by atoms with Gasteiger partial charge in [-0.15, -0.1) is 0 Å². The number of aromatic nitrogens is 6. The van der Waals surface area contributed by atoms with Crippen molar-refractivity contribution in [2.24, 2.45) is 5.92 Å². The Labute approximate surface area is 239 Å². The van der Waals surface area contributed by atoms with Gasteiger partial charge in [-0.3, -0.25) is 9.69 Å². The molecule has 1 amide bonds. The van der Waals surface area contributed by atoms with Crippen LogP contribution in [0.4, 0.5) is 19.0 Å². The number of fused-ring (bicyclic) bond motifs is 3. The number of nitrogens with zero attached hydrogens (tertiary/aromatic N) is 7. The maximum atomic E-state index is 13.5. The van der Waals surface area contributed by atoms with Crippen molar-refractivity contribution in [1.82, 2.24) is 29.5 Å². The van der Waals surface area contributed by atoms with E-state index < -0.39 is 11.9 Å². The highest BCUT2D eigenvalue weighted by Crippen LogP contribution is 2.55. The van der Waals surface area contributed by atoms with Crippen molar-refractivity contribution >= 4 is 11.7 Å².